The molecule has 0 aliphatic carbocycles. The second-order valence-electron chi connectivity index (χ2n) is 3.16. The van der Waals surface area contributed by atoms with Gasteiger partial charge in [-0.05, 0) is 0 Å². The molecule has 18 heavy (non-hydrogen) atoms. The minimum Gasteiger partial charge on any atom is -0.480 e. The number of aliphatic carboxylic acids is 2. The third-order valence-electron chi connectivity index (χ3n) is 1.74. The van der Waals surface area contributed by atoms with Crippen LogP contribution in [-0.4, -0.2) is 56.1 Å². The van der Waals surface area contributed by atoms with Crippen LogP contribution < -0.4 is 5.32 Å². The summed E-state index contributed by atoms with van der Waals surface area (Å²) in [6.07, 6.45) is 3.97. The van der Waals surface area contributed by atoms with Gasteiger partial charge in [-0.2, -0.15) is 0 Å². The summed E-state index contributed by atoms with van der Waals surface area (Å²) < 4.78 is 0. The van der Waals surface area contributed by atoms with Gasteiger partial charge in [0.05, 0.1) is 6.20 Å². The third kappa shape index (κ3) is 4.43. The summed E-state index contributed by atoms with van der Waals surface area (Å²) >= 11 is 0. The van der Waals surface area contributed by atoms with E-state index >= 15 is 0 Å². The van der Waals surface area contributed by atoms with Gasteiger partial charge < -0.3 is 15.1 Å². The Morgan fingerprint density at radius 3 is 2.22 bits per heavy atom. The summed E-state index contributed by atoms with van der Waals surface area (Å²) in [7, 11) is 0. The minimum atomic E-state index is -1.31. The van der Waals surface area contributed by atoms with Crippen LogP contribution in [0.1, 0.15) is 0 Å². The molecule has 0 saturated carbocycles. The molecule has 1 aromatic rings. The molecule has 0 unspecified atom stereocenters. The Morgan fingerprint density at radius 2 is 1.78 bits per heavy atom. The van der Waals surface area contributed by atoms with Crippen molar-refractivity contribution in [3.8, 4) is 0 Å². The highest BCUT2D eigenvalue weighted by atomic mass is 16.4. The molecule has 9 nitrogen and oxygen atoms in total. The molecule has 0 aliphatic heterocycles. The van der Waals surface area contributed by atoms with Gasteiger partial charge in [0.1, 0.15) is 13.1 Å². The minimum absolute atomic E-state index is 0.100. The van der Waals surface area contributed by atoms with Crippen LogP contribution in [0.4, 0.5) is 10.6 Å². The smallest absolute Gasteiger partial charge is 0.324 e. The van der Waals surface area contributed by atoms with Gasteiger partial charge in [0, 0.05) is 12.4 Å². The van der Waals surface area contributed by atoms with E-state index in [0.29, 0.717) is 4.90 Å². The first-order chi connectivity index (χ1) is 8.49. The molecule has 0 fully saturated rings. The third-order valence-corrected chi connectivity index (χ3v) is 1.74. The zero-order chi connectivity index (χ0) is 13.5. The number of hydrogen-bond donors (Lipinski definition) is 3. The summed E-state index contributed by atoms with van der Waals surface area (Å²) in [6.45, 7) is -1.45. The van der Waals surface area contributed by atoms with E-state index in [9.17, 15) is 14.4 Å². The van der Waals surface area contributed by atoms with Crippen LogP contribution in [0.2, 0.25) is 0 Å². The van der Waals surface area contributed by atoms with Crippen molar-refractivity contribution in [2.75, 3.05) is 18.4 Å². The standard InChI is InChI=1S/C9H10N4O5/c14-7(15)4-13(5-8(16)17)9(18)12-6-3-10-1-2-11-6/h1-3H,4-5H2,(H,14,15)(H,16,17)(H,11,12,18). The lowest BCUT2D eigenvalue weighted by Crippen LogP contribution is -2.42. The average molecular weight is 254 g/mol. The summed E-state index contributed by atoms with van der Waals surface area (Å²) in [4.78, 5) is 40.7. The number of anilines is 1. The number of carboxylic acid groups (broad SMARTS) is 2. The van der Waals surface area contributed by atoms with E-state index in [-0.39, 0.29) is 5.82 Å². The van der Waals surface area contributed by atoms with Gasteiger partial charge in [-0.15, -0.1) is 0 Å². The fourth-order valence-electron chi connectivity index (χ4n) is 1.08. The quantitative estimate of drug-likeness (QED) is 0.643. The van der Waals surface area contributed by atoms with E-state index in [4.69, 9.17) is 10.2 Å². The van der Waals surface area contributed by atoms with Gasteiger partial charge in [0.25, 0.3) is 0 Å². The van der Waals surface area contributed by atoms with Crippen molar-refractivity contribution < 1.29 is 24.6 Å². The Morgan fingerprint density at radius 1 is 1.17 bits per heavy atom. The molecule has 0 spiro atoms. The Balaban J connectivity index is 2.69. The Labute approximate surface area is 101 Å². The Bertz CT molecular complexity index is 434. The molecule has 1 heterocycles. The van der Waals surface area contributed by atoms with E-state index in [1.807, 2.05) is 0 Å². The van der Waals surface area contributed by atoms with Crippen molar-refractivity contribution in [1.29, 1.82) is 0 Å². The predicted molar refractivity (Wildman–Crippen MR) is 57.9 cm³/mol. The highest BCUT2D eigenvalue weighted by Crippen LogP contribution is 2.00. The molecule has 1 rings (SSSR count). The number of nitrogens with one attached hydrogen (secondary N) is 1. The van der Waals surface area contributed by atoms with Gasteiger partial charge in [-0.3, -0.25) is 19.9 Å². The summed E-state index contributed by atoms with van der Waals surface area (Å²) in [6, 6.07) is -0.875. The van der Waals surface area contributed by atoms with Crippen LogP contribution in [-0.2, 0) is 9.59 Å². The predicted octanol–water partition coefficient (Wildman–Crippen LogP) is -0.520. The topological polar surface area (TPSA) is 133 Å². The fraction of sp³-hybridized carbons (Fsp3) is 0.222. The van der Waals surface area contributed by atoms with Crippen LogP contribution in [0.15, 0.2) is 18.6 Å². The van der Waals surface area contributed by atoms with Crippen LogP contribution in [0.3, 0.4) is 0 Å². The number of carbonyl (C=O) groups excluding carboxylic acids is 1. The number of nitrogens with zero attached hydrogens (tertiary/aromatic N) is 3. The second kappa shape index (κ2) is 6.13. The van der Waals surface area contributed by atoms with Gasteiger partial charge in [-0.25, -0.2) is 9.78 Å². The maximum atomic E-state index is 11.6. The van der Waals surface area contributed by atoms with Crippen molar-refractivity contribution in [3.63, 3.8) is 0 Å². The van der Waals surface area contributed by atoms with Gasteiger partial charge in [0.2, 0.25) is 0 Å². The molecule has 96 valence electrons. The van der Waals surface area contributed by atoms with E-state index < -0.39 is 31.1 Å². The lowest BCUT2D eigenvalue weighted by Gasteiger charge is -2.18. The lowest BCUT2D eigenvalue weighted by atomic mass is 10.5. The molecular weight excluding hydrogens is 244 g/mol. The first-order valence-corrected chi connectivity index (χ1v) is 4.74. The summed E-state index contributed by atoms with van der Waals surface area (Å²) in [5.74, 6) is -2.53. The van der Waals surface area contributed by atoms with Crippen LogP contribution in [0.5, 0.6) is 0 Å². The fourth-order valence-corrected chi connectivity index (χ4v) is 1.08. The molecule has 0 saturated heterocycles. The second-order valence-corrected chi connectivity index (χ2v) is 3.16. The number of rotatable bonds is 5. The van der Waals surface area contributed by atoms with Gasteiger partial charge in [0.15, 0.2) is 5.82 Å². The molecule has 0 aromatic carbocycles. The number of carboxylic acids is 2. The molecule has 9 heteroatoms. The van der Waals surface area contributed by atoms with Crippen LogP contribution >= 0.6 is 0 Å². The first-order valence-electron chi connectivity index (χ1n) is 4.74. The molecule has 3 N–H and O–H groups in total. The molecule has 0 atom stereocenters. The summed E-state index contributed by atoms with van der Waals surface area (Å²) in [5, 5.41) is 19.4. The molecule has 0 bridgehead atoms. The van der Waals surface area contributed by atoms with Gasteiger partial charge in [-0.1, -0.05) is 0 Å². The number of amides is 2. The number of hydrogen-bond acceptors (Lipinski definition) is 5. The molecular formula is C9H10N4O5. The van der Waals surface area contributed by atoms with E-state index in [2.05, 4.69) is 15.3 Å². The highest BCUT2D eigenvalue weighted by Gasteiger charge is 2.19. The zero-order valence-electron chi connectivity index (χ0n) is 9.11. The molecule has 2 amide bonds. The summed E-state index contributed by atoms with van der Waals surface area (Å²) in [5.41, 5.74) is 0. The first kappa shape index (κ1) is 13.4. The maximum absolute atomic E-state index is 11.6. The normalized spacial score (nSPS) is 9.56. The lowest BCUT2D eigenvalue weighted by molar-refractivity contribution is -0.140. The van der Waals surface area contributed by atoms with E-state index in [1.165, 1.54) is 18.6 Å². The molecule has 1 aromatic heterocycles. The average Bonchev–Trinajstić information content (AvgIpc) is 2.28. The monoisotopic (exact) mass is 254 g/mol. The van der Waals surface area contributed by atoms with Crippen molar-refractivity contribution in [1.82, 2.24) is 14.9 Å². The van der Waals surface area contributed by atoms with Crippen LogP contribution in [0, 0.1) is 0 Å². The van der Waals surface area contributed by atoms with Crippen molar-refractivity contribution >= 4 is 23.8 Å². The largest absolute Gasteiger partial charge is 0.480 e. The van der Waals surface area contributed by atoms with Crippen LogP contribution in [0.25, 0.3) is 0 Å². The molecule has 0 aliphatic rings. The number of aromatic nitrogens is 2. The van der Waals surface area contributed by atoms with Crippen molar-refractivity contribution in [3.05, 3.63) is 18.6 Å². The van der Waals surface area contributed by atoms with Crippen molar-refractivity contribution in [2.45, 2.75) is 0 Å². The zero-order valence-corrected chi connectivity index (χ0v) is 9.11. The highest BCUT2D eigenvalue weighted by molar-refractivity contribution is 5.92. The Kier molecular flexibility index (Phi) is 4.55. The Hall–Kier alpha value is -2.71. The SMILES string of the molecule is O=C(O)CN(CC(=O)O)C(=O)Nc1cnccn1. The molecule has 0 radical (unpaired) electrons. The number of urea groups is 1. The van der Waals surface area contributed by atoms with E-state index in [0.717, 1.165) is 0 Å². The van der Waals surface area contributed by atoms with E-state index in [1.54, 1.807) is 0 Å². The van der Waals surface area contributed by atoms with Gasteiger partial charge >= 0.3 is 18.0 Å². The number of carbonyl (C=O) groups is 3. The van der Waals surface area contributed by atoms with Crippen molar-refractivity contribution in [2.24, 2.45) is 0 Å². The maximum Gasteiger partial charge on any atom is 0.324 e.